The third-order valence-corrected chi connectivity index (χ3v) is 4.94. The first-order valence-corrected chi connectivity index (χ1v) is 9.28. The van der Waals surface area contributed by atoms with Gasteiger partial charge < -0.3 is 19.5 Å². The van der Waals surface area contributed by atoms with Gasteiger partial charge in [-0.2, -0.15) is 5.10 Å². The Labute approximate surface area is 164 Å². The van der Waals surface area contributed by atoms with E-state index in [0.717, 1.165) is 43.3 Å². The molecule has 1 heterocycles. The Morgan fingerprint density at radius 1 is 1.11 bits per heavy atom. The molecule has 0 radical (unpaired) electrons. The second-order valence-corrected chi connectivity index (χ2v) is 6.96. The minimum absolute atomic E-state index is 0.00318. The van der Waals surface area contributed by atoms with E-state index in [1.54, 1.807) is 18.3 Å². The Bertz CT molecular complexity index is 763. The molecule has 7 heteroatoms. The normalized spacial score (nSPS) is 15.3. The highest BCUT2D eigenvalue weighted by Gasteiger charge is 2.19. The van der Waals surface area contributed by atoms with Crippen molar-refractivity contribution in [3.8, 4) is 17.2 Å². The number of rotatable bonds is 6. The number of nitrogens with zero attached hydrogens (tertiary/aromatic N) is 2. The van der Waals surface area contributed by atoms with Gasteiger partial charge in [0, 0.05) is 16.1 Å². The highest BCUT2D eigenvalue weighted by Crippen LogP contribution is 2.36. The summed E-state index contributed by atoms with van der Waals surface area (Å²) in [5.41, 5.74) is 2.12. The Kier molecular flexibility index (Phi) is 6.42. The van der Waals surface area contributed by atoms with Crippen LogP contribution in [0.4, 0.5) is 0 Å². The number of piperazine rings is 1. The number of hydrogen-bond donors (Lipinski definition) is 2. The van der Waals surface area contributed by atoms with E-state index in [0.29, 0.717) is 11.5 Å². The summed E-state index contributed by atoms with van der Waals surface area (Å²) < 4.78 is 10.4. The van der Waals surface area contributed by atoms with Gasteiger partial charge in [-0.25, -0.2) is 0 Å². The number of hydrazone groups is 1. The van der Waals surface area contributed by atoms with Gasteiger partial charge >= 0.3 is 0 Å². The molecule has 2 N–H and O–H groups in total. The first kappa shape index (κ1) is 19.3. The van der Waals surface area contributed by atoms with E-state index < -0.39 is 0 Å². The van der Waals surface area contributed by atoms with Gasteiger partial charge in [0.25, 0.3) is 0 Å². The van der Waals surface area contributed by atoms with Crippen molar-refractivity contribution in [2.24, 2.45) is 5.10 Å². The largest absolute Gasteiger partial charge is 0.502 e. The second kappa shape index (κ2) is 8.97. The van der Waals surface area contributed by atoms with Gasteiger partial charge in [0.2, 0.25) is 5.75 Å². The van der Waals surface area contributed by atoms with Crippen LogP contribution in [-0.4, -0.2) is 56.7 Å². The van der Waals surface area contributed by atoms with Crippen LogP contribution in [0.15, 0.2) is 41.5 Å². The molecule has 0 aromatic heterocycles. The summed E-state index contributed by atoms with van der Waals surface area (Å²) in [6.45, 7) is 4.85. The number of phenolic OH excluding ortho intramolecular Hbond substituents is 1. The number of benzene rings is 2. The fourth-order valence-electron chi connectivity index (χ4n) is 3.13. The molecular formula is C20H25ClN3O3+. The van der Waals surface area contributed by atoms with Crippen molar-refractivity contribution in [3.05, 3.63) is 52.5 Å². The monoisotopic (exact) mass is 390 g/mol. The molecular weight excluding hydrogens is 366 g/mol. The molecule has 0 bridgehead atoms. The molecule has 0 atom stereocenters. The lowest BCUT2D eigenvalue weighted by Crippen LogP contribution is -3.13. The van der Waals surface area contributed by atoms with Gasteiger partial charge in [0.1, 0.15) is 6.54 Å². The standard InChI is InChI=1S/C20H24ClN3O3/c1-26-18-11-16(12-19(27-2)20(18)25)13-22-24-9-7-23(8-10-24)14-15-3-5-17(21)6-4-15/h3-6,11-13,25H,7-10,14H2,1-2H3/p+1/b22-13+. The average molecular weight is 391 g/mol. The van der Waals surface area contributed by atoms with E-state index in [-0.39, 0.29) is 5.75 Å². The molecule has 1 saturated heterocycles. The zero-order valence-electron chi connectivity index (χ0n) is 15.6. The van der Waals surface area contributed by atoms with Crippen molar-refractivity contribution in [1.29, 1.82) is 0 Å². The predicted octanol–water partition coefficient (Wildman–Crippen LogP) is 1.80. The van der Waals surface area contributed by atoms with Gasteiger partial charge in [-0.05, 0) is 24.3 Å². The number of aromatic hydroxyl groups is 1. The van der Waals surface area contributed by atoms with Crippen LogP contribution in [0.1, 0.15) is 11.1 Å². The molecule has 1 fully saturated rings. The predicted molar refractivity (Wildman–Crippen MR) is 106 cm³/mol. The lowest BCUT2D eigenvalue weighted by molar-refractivity contribution is -0.918. The van der Waals surface area contributed by atoms with Crippen LogP contribution >= 0.6 is 11.6 Å². The first-order chi connectivity index (χ1) is 13.1. The van der Waals surface area contributed by atoms with E-state index in [2.05, 4.69) is 22.2 Å². The quantitative estimate of drug-likeness (QED) is 0.738. The number of ether oxygens (including phenoxy) is 2. The van der Waals surface area contributed by atoms with E-state index >= 15 is 0 Å². The number of halogens is 1. The lowest BCUT2D eigenvalue weighted by atomic mass is 10.2. The fraction of sp³-hybridized carbons (Fsp3) is 0.350. The molecule has 1 aliphatic rings. The Hall–Kier alpha value is -2.44. The van der Waals surface area contributed by atoms with Crippen molar-refractivity contribution < 1.29 is 19.5 Å². The molecule has 27 heavy (non-hydrogen) atoms. The van der Waals surface area contributed by atoms with E-state index in [1.165, 1.54) is 24.7 Å². The molecule has 2 aromatic carbocycles. The highest BCUT2D eigenvalue weighted by molar-refractivity contribution is 6.30. The Balaban J connectivity index is 1.56. The summed E-state index contributed by atoms with van der Waals surface area (Å²) in [6.07, 6.45) is 1.77. The van der Waals surface area contributed by atoms with Crippen molar-refractivity contribution in [2.75, 3.05) is 40.4 Å². The summed E-state index contributed by atoms with van der Waals surface area (Å²) in [7, 11) is 3.02. The summed E-state index contributed by atoms with van der Waals surface area (Å²) in [5.74, 6) is 0.734. The van der Waals surface area contributed by atoms with Crippen molar-refractivity contribution >= 4 is 17.8 Å². The minimum Gasteiger partial charge on any atom is -0.502 e. The SMILES string of the molecule is COc1cc(/C=N/N2CC[NH+](Cc3ccc(Cl)cc3)CC2)cc(OC)c1O. The van der Waals surface area contributed by atoms with E-state index in [4.69, 9.17) is 21.1 Å². The van der Waals surface area contributed by atoms with Crippen LogP contribution in [0, 0.1) is 0 Å². The maximum Gasteiger partial charge on any atom is 0.200 e. The molecule has 144 valence electrons. The molecule has 0 unspecified atom stereocenters. The lowest BCUT2D eigenvalue weighted by Gasteiger charge is -2.30. The average Bonchev–Trinajstić information content (AvgIpc) is 2.70. The van der Waals surface area contributed by atoms with Crippen LogP contribution in [0.2, 0.25) is 5.02 Å². The van der Waals surface area contributed by atoms with Gasteiger partial charge in [-0.3, -0.25) is 5.01 Å². The first-order valence-electron chi connectivity index (χ1n) is 8.91. The molecule has 2 aromatic rings. The van der Waals surface area contributed by atoms with Crippen molar-refractivity contribution in [1.82, 2.24) is 5.01 Å². The van der Waals surface area contributed by atoms with E-state index in [9.17, 15) is 5.11 Å². The maximum absolute atomic E-state index is 9.98. The van der Waals surface area contributed by atoms with Crippen LogP contribution in [0.25, 0.3) is 0 Å². The Morgan fingerprint density at radius 3 is 2.26 bits per heavy atom. The molecule has 1 aliphatic heterocycles. The van der Waals surface area contributed by atoms with Crippen LogP contribution in [-0.2, 0) is 6.54 Å². The fourth-order valence-corrected chi connectivity index (χ4v) is 3.26. The summed E-state index contributed by atoms with van der Waals surface area (Å²) in [4.78, 5) is 1.54. The molecule has 3 rings (SSSR count). The molecule has 0 aliphatic carbocycles. The van der Waals surface area contributed by atoms with Gasteiger partial charge in [-0.15, -0.1) is 0 Å². The minimum atomic E-state index is -0.00318. The van der Waals surface area contributed by atoms with Gasteiger partial charge in [0.15, 0.2) is 11.5 Å². The summed E-state index contributed by atoms with van der Waals surface area (Å²) in [5, 5.41) is 17.4. The number of quaternary nitrogens is 1. The van der Waals surface area contributed by atoms with Crippen molar-refractivity contribution in [2.45, 2.75) is 6.54 Å². The van der Waals surface area contributed by atoms with Crippen LogP contribution in [0.3, 0.4) is 0 Å². The second-order valence-electron chi connectivity index (χ2n) is 6.53. The molecule has 0 amide bonds. The van der Waals surface area contributed by atoms with Crippen LogP contribution in [0.5, 0.6) is 17.2 Å². The number of phenols is 1. The number of hydrogen-bond acceptors (Lipinski definition) is 5. The zero-order valence-corrected chi connectivity index (χ0v) is 16.4. The van der Waals surface area contributed by atoms with E-state index in [1.807, 2.05) is 12.1 Å². The Morgan fingerprint density at radius 2 is 1.70 bits per heavy atom. The topological polar surface area (TPSA) is 58.7 Å². The van der Waals surface area contributed by atoms with Crippen LogP contribution < -0.4 is 14.4 Å². The molecule has 0 spiro atoms. The van der Waals surface area contributed by atoms with Crippen molar-refractivity contribution in [3.63, 3.8) is 0 Å². The molecule has 0 saturated carbocycles. The van der Waals surface area contributed by atoms with Gasteiger partial charge in [-0.1, -0.05) is 23.7 Å². The third-order valence-electron chi connectivity index (χ3n) is 4.69. The number of methoxy groups -OCH3 is 2. The summed E-state index contributed by atoms with van der Waals surface area (Å²) >= 11 is 5.95. The summed E-state index contributed by atoms with van der Waals surface area (Å²) in [6, 6.07) is 11.5. The maximum atomic E-state index is 9.98. The highest BCUT2D eigenvalue weighted by atomic mass is 35.5. The third kappa shape index (κ3) is 5.05. The number of nitrogens with one attached hydrogen (secondary N) is 1. The zero-order chi connectivity index (χ0) is 19.2. The van der Waals surface area contributed by atoms with Gasteiger partial charge in [0.05, 0.1) is 46.6 Å². The smallest absolute Gasteiger partial charge is 0.200 e. The molecule has 6 nitrogen and oxygen atoms in total.